The van der Waals surface area contributed by atoms with Crippen LogP contribution >= 0.6 is 0 Å². The van der Waals surface area contributed by atoms with E-state index in [2.05, 4.69) is 0 Å². The molecule has 0 saturated carbocycles. The van der Waals surface area contributed by atoms with Gasteiger partial charge in [0.05, 0.1) is 19.8 Å². The van der Waals surface area contributed by atoms with Crippen LogP contribution in [0.25, 0.3) is 0 Å². The van der Waals surface area contributed by atoms with E-state index in [1.165, 1.54) is 26.4 Å². The summed E-state index contributed by atoms with van der Waals surface area (Å²) in [6, 6.07) is 4.57. The predicted octanol–water partition coefficient (Wildman–Crippen LogP) is 0.372. The van der Waals surface area contributed by atoms with Crippen LogP contribution < -0.4 is 15.2 Å². The Bertz CT molecular complexity index is 400. The van der Waals surface area contributed by atoms with Crippen molar-refractivity contribution in [2.45, 2.75) is 0 Å². The Morgan fingerprint density at radius 2 is 1.87 bits per heavy atom. The maximum absolute atomic E-state index is 11.4. The molecule has 0 aromatic heterocycles. The van der Waals surface area contributed by atoms with Crippen molar-refractivity contribution in [3.05, 3.63) is 23.8 Å². The van der Waals surface area contributed by atoms with Gasteiger partial charge in [-0.3, -0.25) is 9.59 Å². The minimum Gasteiger partial charge on any atom is -0.497 e. The number of rotatable bonds is 4. The molecule has 15 heavy (non-hydrogen) atoms. The molecule has 1 aromatic carbocycles. The number of benzene rings is 1. The van der Waals surface area contributed by atoms with Gasteiger partial charge in [0, 0.05) is 0 Å². The van der Waals surface area contributed by atoms with Crippen LogP contribution in [0.5, 0.6) is 11.5 Å². The van der Waals surface area contributed by atoms with Crippen LogP contribution in [0.2, 0.25) is 0 Å². The molecule has 0 aliphatic heterocycles. The Labute approximate surface area is 86.8 Å². The summed E-state index contributed by atoms with van der Waals surface area (Å²) in [7, 11) is 2.86. The molecule has 0 bridgehead atoms. The van der Waals surface area contributed by atoms with Crippen LogP contribution in [0.15, 0.2) is 18.2 Å². The van der Waals surface area contributed by atoms with E-state index in [0.717, 1.165) is 0 Å². The third-order valence-corrected chi connectivity index (χ3v) is 1.88. The SMILES string of the molecule is COc1ccc(OC)c(C(=O)C(N)=O)c1. The topological polar surface area (TPSA) is 78.6 Å². The fourth-order valence-corrected chi connectivity index (χ4v) is 1.12. The van der Waals surface area contributed by atoms with Gasteiger partial charge in [0.25, 0.3) is 11.7 Å². The van der Waals surface area contributed by atoms with Gasteiger partial charge in [-0.05, 0) is 18.2 Å². The van der Waals surface area contributed by atoms with Crippen LogP contribution in [-0.2, 0) is 4.79 Å². The Balaban J connectivity index is 3.23. The fraction of sp³-hybridized carbons (Fsp3) is 0.200. The minimum absolute atomic E-state index is 0.101. The molecule has 0 spiro atoms. The molecule has 0 aliphatic carbocycles. The molecular weight excluding hydrogens is 198 g/mol. The highest BCUT2D eigenvalue weighted by Gasteiger charge is 2.18. The number of nitrogens with two attached hydrogens (primary N) is 1. The van der Waals surface area contributed by atoms with Crippen molar-refractivity contribution in [1.29, 1.82) is 0 Å². The molecule has 0 atom stereocenters. The second-order valence-electron chi connectivity index (χ2n) is 2.76. The maximum atomic E-state index is 11.4. The summed E-state index contributed by atoms with van der Waals surface area (Å²) < 4.78 is 9.86. The van der Waals surface area contributed by atoms with Crippen LogP contribution in [0.3, 0.4) is 0 Å². The lowest BCUT2D eigenvalue weighted by Gasteiger charge is -2.07. The van der Waals surface area contributed by atoms with Crippen molar-refractivity contribution in [2.75, 3.05) is 14.2 Å². The van der Waals surface area contributed by atoms with Crippen molar-refractivity contribution in [1.82, 2.24) is 0 Å². The zero-order chi connectivity index (χ0) is 11.4. The summed E-state index contributed by atoms with van der Waals surface area (Å²) in [5, 5.41) is 0. The summed E-state index contributed by atoms with van der Waals surface area (Å²) >= 11 is 0. The summed E-state index contributed by atoms with van der Waals surface area (Å²) in [5.41, 5.74) is 5.00. The highest BCUT2D eigenvalue weighted by molar-refractivity contribution is 6.43. The van der Waals surface area contributed by atoms with Crippen molar-refractivity contribution in [3.8, 4) is 11.5 Å². The Morgan fingerprint density at radius 1 is 1.20 bits per heavy atom. The molecule has 5 nitrogen and oxygen atoms in total. The van der Waals surface area contributed by atoms with Gasteiger partial charge < -0.3 is 15.2 Å². The number of hydrogen-bond donors (Lipinski definition) is 1. The fourth-order valence-electron chi connectivity index (χ4n) is 1.12. The number of carbonyl (C=O) groups is 2. The largest absolute Gasteiger partial charge is 0.497 e. The summed E-state index contributed by atoms with van der Waals surface area (Å²) in [6.07, 6.45) is 0. The molecule has 0 unspecified atom stereocenters. The highest BCUT2D eigenvalue weighted by Crippen LogP contribution is 2.24. The monoisotopic (exact) mass is 209 g/mol. The van der Waals surface area contributed by atoms with Gasteiger partial charge in [-0.1, -0.05) is 0 Å². The number of hydrogen-bond acceptors (Lipinski definition) is 4. The van der Waals surface area contributed by atoms with Gasteiger partial charge in [0.1, 0.15) is 11.5 Å². The van der Waals surface area contributed by atoms with Gasteiger partial charge in [0.2, 0.25) is 0 Å². The zero-order valence-corrected chi connectivity index (χ0v) is 8.44. The third-order valence-electron chi connectivity index (χ3n) is 1.88. The van der Waals surface area contributed by atoms with Gasteiger partial charge in [0.15, 0.2) is 0 Å². The quantitative estimate of drug-likeness (QED) is 0.574. The zero-order valence-electron chi connectivity index (χ0n) is 8.44. The summed E-state index contributed by atoms with van der Waals surface area (Å²) in [5.74, 6) is -1.08. The van der Waals surface area contributed by atoms with Crippen LogP contribution in [-0.4, -0.2) is 25.9 Å². The number of methoxy groups -OCH3 is 2. The smallest absolute Gasteiger partial charge is 0.289 e. The number of amides is 1. The molecule has 0 fully saturated rings. The normalized spacial score (nSPS) is 9.47. The first kappa shape index (κ1) is 11.0. The summed E-state index contributed by atoms with van der Waals surface area (Å²) in [4.78, 5) is 22.1. The van der Waals surface area contributed by atoms with Gasteiger partial charge in [-0.15, -0.1) is 0 Å². The predicted molar refractivity (Wildman–Crippen MR) is 53.1 cm³/mol. The molecule has 2 N–H and O–H groups in total. The maximum Gasteiger partial charge on any atom is 0.289 e. The van der Waals surface area contributed by atoms with Crippen LogP contribution in [0.1, 0.15) is 10.4 Å². The molecule has 5 heteroatoms. The third kappa shape index (κ3) is 2.25. The van der Waals surface area contributed by atoms with E-state index in [4.69, 9.17) is 15.2 Å². The lowest BCUT2D eigenvalue weighted by atomic mass is 10.1. The lowest BCUT2D eigenvalue weighted by molar-refractivity contribution is -0.114. The second kappa shape index (κ2) is 4.45. The average molecular weight is 209 g/mol. The molecule has 1 aromatic rings. The van der Waals surface area contributed by atoms with E-state index in [1.807, 2.05) is 0 Å². The summed E-state index contributed by atoms with van der Waals surface area (Å²) in [6.45, 7) is 0. The number of Topliss-reactive ketones (excluding diaryl/α,β-unsaturated/α-hetero) is 1. The van der Waals surface area contributed by atoms with Crippen molar-refractivity contribution >= 4 is 11.7 Å². The molecule has 1 rings (SSSR count). The molecule has 0 heterocycles. The molecule has 80 valence electrons. The first-order valence-corrected chi connectivity index (χ1v) is 4.16. The molecule has 0 saturated heterocycles. The Hall–Kier alpha value is -2.04. The van der Waals surface area contributed by atoms with Crippen LogP contribution in [0.4, 0.5) is 0 Å². The molecule has 1 amide bonds. The average Bonchev–Trinajstić information content (AvgIpc) is 2.27. The van der Waals surface area contributed by atoms with E-state index in [0.29, 0.717) is 11.5 Å². The van der Waals surface area contributed by atoms with Crippen LogP contribution in [0, 0.1) is 0 Å². The van der Waals surface area contributed by atoms with Crippen molar-refractivity contribution in [2.24, 2.45) is 5.73 Å². The standard InChI is InChI=1S/C10H11NO4/c1-14-6-3-4-8(15-2)7(5-6)9(12)10(11)13/h3-5H,1-2H3,(H2,11,13). The van der Waals surface area contributed by atoms with E-state index in [-0.39, 0.29) is 5.56 Å². The van der Waals surface area contributed by atoms with Crippen molar-refractivity contribution in [3.63, 3.8) is 0 Å². The molecular formula is C10H11NO4. The molecule has 0 aliphatic rings. The Morgan fingerprint density at radius 3 is 2.33 bits per heavy atom. The Kier molecular flexibility index (Phi) is 3.28. The number of ketones is 1. The second-order valence-corrected chi connectivity index (χ2v) is 2.76. The van der Waals surface area contributed by atoms with Gasteiger partial charge in [-0.25, -0.2) is 0 Å². The number of carbonyl (C=O) groups excluding carboxylic acids is 2. The van der Waals surface area contributed by atoms with E-state index in [9.17, 15) is 9.59 Å². The highest BCUT2D eigenvalue weighted by atomic mass is 16.5. The molecule has 0 radical (unpaired) electrons. The first-order valence-electron chi connectivity index (χ1n) is 4.16. The van der Waals surface area contributed by atoms with Gasteiger partial charge in [-0.2, -0.15) is 0 Å². The minimum atomic E-state index is -1.03. The lowest BCUT2D eigenvalue weighted by Crippen LogP contribution is -2.23. The van der Waals surface area contributed by atoms with E-state index in [1.54, 1.807) is 6.07 Å². The number of primary amides is 1. The van der Waals surface area contributed by atoms with E-state index < -0.39 is 11.7 Å². The van der Waals surface area contributed by atoms with E-state index >= 15 is 0 Å². The van der Waals surface area contributed by atoms with Crippen molar-refractivity contribution < 1.29 is 19.1 Å². The number of ether oxygens (including phenoxy) is 2. The van der Waals surface area contributed by atoms with Gasteiger partial charge >= 0.3 is 0 Å². The first-order chi connectivity index (χ1) is 7.10.